The van der Waals surface area contributed by atoms with Crippen molar-refractivity contribution >= 4 is 57.5 Å². The third kappa shape index (κ3) is 6.03. The second kappa shape index (κ2) is 11.3. The summed E-state index contributed by atoms with van der Waals surface area (Å²) < 4.78 is 5.71. The number of thiocarbonyl (C=S) groups is 1. The number of methoxy groups -OCH3 is 1. The molecule has 2 aliphatic heterocycles. The van der Waals surface area contributed by atoms with Gasteiger partial charge in [-0.25, -0.2) is 0 Å². The van der Waals surface area contributed by atoms with Gasteiger partial charge >= 0.3 is 0 Å². The Morgan fingerprint density at radius 2 is 1.97 bits per heavy atom. The van der Waals surface area contributed by atoms with Crippen molar-refractivity contribution < 1.29 is 14.3 Å². The molecular weight excluding hydrogens is 474 g/mol. The van der Waals surface area contributed by atoms with E-state index >= 15 is 0 Å². The molecule has 174 valence electrons. The van der Waals surface area contributed by atoms with Gasteiger partial charge < -0.3 is 10.1 Å². The monoisotopic (exact) mass is 501 g/mol. The summed E-state index contributed by atoms with van der Waals surface area (Å²) in [4.78, 5) is 31.0. The fourth-order valence-corrected chi connectivity index (χ4v) is 6.04. The van der Waals surface area contributed by atoms with E-state index in [4.69, 9.17) is 17.0 Å². The number of amides is 2. The number of piperidine rings is 1. The standard InChI is InChI=1S/C24H27N3O3S3/c1-30-18-9-7-17(8-10-18)20(26-11-3-2-4-12-26)15-25-22(28)16-27-23(29)21(33-24(27)31)14-19-6-5-13-32-19/h5-10,13-14,20H,2-4,11-12,15-16H2,1H3,(H,25,28)/b21-14-. The zero-order chi connectivity index (χ0) is 23.2. The Hall–Kier alpha value is -2.20. The number of nitrogens with one attached hydrogen (secondary N) is 1. The lowest BCUT2D eigenvalue weighted by Gasteiger charge is -2.35. The number of nitrogens with zero attached hydrogens (tertiary/aromatic N) is 2. The minimum Gasteiger partial charge on any atom is -0.497 e. The van der Waals surface area contributed by atoms with Crippen LogP contribution in [0.4, 0.5) is 0 Å². The first-order chi connectivity index (χ1) is 16.0. The van der Waals surface area contributed by atoms with Crippen LogP contribution in [-0.4, -0.2) is 59.2 Å². The van der Waals surface area contributed by atoms with E-state index in [0.29, 0.717) is 15.8 Å². The molecule has 0 aliphatic carbocycles. The summed E-state index contributed by atoms with van der Waals surface area (Å²) in [6.45, 7) is 2.43. The van der Waals surface area contributed by atoms with Crippen molar-refractivity contribution in [3.05, 3.63) is 57.1 Å². The number of carbonyl (C=O) groups excluding carboxylic acids is 2. The normalized spacial score (nSPS) is 19.2. The fraction of sp³-hybridized carbons (Fsp3) is 0.375. The Morgan fingerprint density at radius 1 is 1.21 bits per heavy atom. The lowest BCUT2D eigenvalue weighted by Crippen LogP contribution is -2.44. The van der Waals surface area contributed by atoms with Gasteiger partial charge in [-0.2, -0.15) is 0 Å². The van der Waals surface area contributed by atoms with E-state index in [2.05, 4.69) is 22.3 Å². The van der Waals surface area contributed by atoms with Crippen LogP contribution in [0.3, 0.4) is 0 Å². The number of benzene rings is 1. The van der Waals surface area contributed by atoms with Gasteiger partial charge in [0.25, 0.3) is 5.91 Å². The van der Waals surface area contributed by atoms with Crippen LogP contribution >= 0.6 is 35.3 Å². The summed E-state index contributed by atoms with van der Waals surface area (Å²) in [5.74, 6) is 0.389. The molecule has 2 aliphatic rings. The van der Waals surface area contributed by atoms with Crippen molar-refractivity contribution in [2.45, 2.75) is 25.3 Å². The highest BCUT2D eigenvalue weighted by molar-refractivity contribution is 8.26. The van der Waals surface area contributed by atoms with Crippen molar-refractivity contribution in [1.29, 1.82) is 0 Å². The van der Waals surface area contributed by atoms with E-state index in [9.17, 15) is 9.59 Å². The first kappa shape index (κ1) is 23.9. The van der Waals surface area contributed by atoms with Gasteiger partial charge in [0.1, 0.15) is 16.6 Å². The van der Waals surface area contributed by atoms with E-state index in [1.54, 1.807) is 18.4 Å². The molecule has 0 saturated carbocycles. The smallest absolute Gasteiger partial charge is 0.266 e. The molecule has 1 aromatic heterocycles. The fourth-order valence-electron chi connectivity index (χ4n) is 4.06. The summed E-state index contributed by atoms with van der Waals surface area (Å²) in [6.07, 6.45) is 5.39. The summed E-state index contributed by atoms with van der Waals surface area (Å²) in [7, 11) is 1.65. The first-order valence-corrected chi connectivity index (χ1v) is 13.1. The summed E-state index contributed by atoms with van der Waals surface area (Å²) >= 11 is 8.18. The molecule has 33 heavy (non-hydrogen) atoms. The number of carbonyl (C=O) groups is 2. The quantitative estimate of drug-likeness (QED) is 0.430. The van der Waals surface area contributed by atoms with Crippen LogP contribution in [0.15, 0.2) is 46.7 Å². The molecule has 4 rings (SSSR count). The van der Waals surface area contributed by atoms with Crippen molar-refractivity contribution in [3.8, 4) is 5.75 Å². The topological polar surface area (TPSA) is 61.9 Å². The molecule has 1 N–H and O–H groups in total. The molecule has 1 atom stereocenters. The van der Waals surface area contributed by atoms with E-state index < -0.39 is 0 Å². The van der Waals surface area contributed by atoms with E-state index in [1.165, 1.54) is 23.1 Å². The Balaban J connectivity index is 1.39. The number of hydrogen-bond acceptors (Lipinski definition) is 7. The maximum atomic E-state index is 12.8. The maximum absolute atomic E-state index is 12.8. The second-order valence-electron chi connectivity index (χ2n) is 7.97. The van der Waals surface area contributed by atoms with E-state index in [1.807, 2.05) is 35.7 Å². The predicted octanol–water partition coefficient (Wildman–Crippen LogP) is 4.30. The number of thiophene rings is 1. The zero-order valence-electron chi connectivity index (χ0n) is 18.5. The molecule has 3 heterocycles. The molecule has 2 fully saturated rings. The Bertz CT molecular complexity index is 1020. The molecule has 6 nitrogen and oxygen atoms in total. The second-order valence-corrected chi connectivity index (χ2v) is 10.6. The number of rotatable bonds is 8. The van der Waals surface area contributed by atoms with Gasteiger partial charge in [-0.3, -0.25) is 19.4 Å². The lowest BCUT2D eigenvalue weighted by molar-refractivity contribution is -0.128. The van der Waals surface area contributed by atoms with Crippen LogP contribution in [0.2, 0.25) is 0 Å². The number of ether oxygens (including phenoxy) is 1. The highest BCUT2D eigenvalue weighted by Gasteiger charge is 2.33. The molecule has 1 aromatic carbocycles. The molecular formula is C24H27N3O3S3. The first-order valence-electron chi connectivity index (χ1n) is 11.0. The highest BCUT2D eigenvalue weighted by Crippen LogP contribution is 2.33. The van der Waals surface area contributed by atoms with Crippen molar-refractivity contribution in [2.24, 2.45) is 0 Å². The zero-order valence-corrected chi connectivity index (χ0v) is 20.9. The van der Waals surface area contributed by atoms with Gasteiger partial charge in [-0.1, -0.05) is 48.6 Å². The Morgan fingerprint density at radius 3 is 2.64 bits per heavy atom. The van der Waals surface area contributed by atoms with Gasteiger partial charge in [0.05, 0.1) is 18.1 Å². The van der Waals surface area contributed by atoms with Crippen LogP contribution in [-0.2, 0) is 9.59 Å². The van der Waals surface area contributed by atoms with Crippen LogP contribution in [0.25, 0.3) is 6.08 Å². The average Bonchev–Trinajstić information content (AvgIpc) is 3.44. The lowest BCUT2D eigenvalue weighted by atomic mass is 10.0. The maximum Gasteiger partial charge on any atom is 0.266 e. The molecule has 1 unspecified atom stereocenters. The molecule has 0 radical (unpaired) electrons. The van der Waals surface area contributed by atoms with Crippen molar-refractivity contribution in [2.75, 3.05) is 33.3 Å². The molecule has 0 bridgehead atoms. The minimum atomic E-state index is -0.212. The summed E-state index contributed by atoms with van der Waals surface area (Å²) in [5.41, 5.74) is 1.14. The van der Waals surface area contributed by atoms with Gasteiger partial charge in [0, 0.05) is 11.4 Å². The van der Waals surface area contributed by atoms with Crippen molar-refractivity contribution in [1.82, 2.24) is 15.1 Å². The van der Waals surface area contributed by atoms with E-state index in [-0.39, 0.29) is 24.4 Å². The van der Waals surface area contributed by atoms with Gasteiger partial charge in [-0.05, 0) is 61.1 Å². The molecule has 2 saturated heterocycles. The Kier molecular flexibility index (Phi) is 8.19. The molecule has 9 heteroatoms. The van der Waals surface area contributed by atoms with Crippen LogP contribution in [0.1, 0.15) is 35.7 Å². The average molecular weight is 502 g/mol. The van der Waals surface area contributed by atoms with E-state index in [0.717, 1.165) is 42.1 Å². The molecule has 0 spiro atoms. The predicted molar refractivity (Wildman–Crippen MR) is 138 cm³/mol. The van der Waals surface area contributed by atoms with Gasteiger partial charge in [0.15, 0.2) is 0 Å². The number of likely N-dealkylation sites (tertiary alicyclic amines) is 1. The Labute approximate surface area is 208 Å². The number of hydrogen-bond donors (Lipinski definition) is 1. The minimum absolute atomic E-state index is 0.0677. The van der Waals surface area contributed by atoms with Crippen LogP contribution in [0.5, 0.6) is 5.75 Å². The van der Waals surface area contributed by atoms with Crippen LogP contribution in [0, 0.1) is 0 Å². The third-order valence-electron chi connectivity index (χ3n) is 5.82. The summed E-state index contributed by atoms with van der Waals surface area (Å²) in [5, 5.41) is 5.00. The highest BCUT2D eigenvalue weighted by atomic mass is 32.2. The third-order valence-corrected chi connectivity index (χ3v) is 8.01. The molecule has 2 amide bonds. The summed E-state index contributed by atoms with van der Waals surface area (Å²) in [6, 6.07) is 12.0. The number of thioether (sulfide) groups is 1. The van der Waals surface area contributed by atoms with Gasteiger partial charge in [0.2, 0.25) is 5.91 Å². The SMILES string of the molecule is COc1ccc(C(CNC(=O)CN2C(=O)/C(=C/c3cccs3)SC2=S)N2CCCCC2)cc1. The van der Waals surface area contributed by atoms with Gasteiger partial charge in [-0.15, -0.1) is 11.3 Å². The largest absolute Gasteiger partial charge is 0.497 e. The van der Waals surface area contributed by atoms with Crippen LogP contribution < -0.4 is 10.1 Å². The van der Waals surface area contributed by atoms with Crippen molar-refractivity contribution in [3.63, 3.8) is 0 Å². The molecule has 2 aromatic rings.